The molecule has 0 unspecified atom stereocenters. The highest BCUT2D eigenvalue weighted by atomic mass is 16.6. The number of hydrogen-bond acceptors (Lipinski definition) is 3. The minimum atomic E-state index is -0.128. The lowest BCUT2D eigenvalue weighted by molar-refractivity contribution is -0.152. The van der Waals surface area contributed by atoms with E-state index in [2.05, 4.69) is 0 Å². The topological polar surface area (TPSA) is 46.5 Å². The zero-order chi connectivity index (χ0) is 10.2. The monoisotopic (exact) mass is 198 g/mol. The highest BCUT2D eigenvalue weighted by Crippen LogP contribution is 2.41. The molecule has 2 aliphatic rings. The molecule has 3 nitrogen and oxygen atoms in total. The van der Waals surface area contributed by atoms with Crippen LogP contribution in [0.25, 0.3) is 0 Å². The smallest absolute Gasteiger partial charge is 0.306 e. The lowest BCUT2D eigenvalue weighted by atomic mass is 9.74. The molecule has 0 saturated heterocycles. The van der Waals surface area contributed by atoms with Crippen LogP contribution < -0.4 is 0 Å². The van der Waals surface area contributed by atoms with E-state index in [1.165, 1.54) is 0 Å². The van der Waals surface area contributed by atoms with Crippen LogP contribution in [0.5, 0.6) is 0 Å². The van der Waals surface area contributed by atoms with Gasteiger partial charge in [0, 0.05) is 13.0 Å². The molecule has 0 bridgehead atoms. The first kappa shape index (κ1) is 9.97. The van der Waals surface area contributed by atoms with Crippen molar-refractivity contribution >= 4 is 5.97 Å². The third-order valence-corrected chi connectivity index (χ3v) is 3.36. The second-order valence-electron chi connectivity index (χ2n) is 5.01. The SMILES string of the molecule is CC1(OC(=O)CC2CC(CO)C2)CC1. The maximum atomic E-state index is 11.4. The van der Waals surface area contributed by atoms with Gasteiger partial charge in [-0.2, -0.15) is 0 Å². The molecular formula is C11H18O3. The van der Waals surface area contributed by atoms with Gasteiger partial charge >= 0.3 is 5.97 Å². The minimum absolute atomic E-state index is 0.0496. The Morgan fingerprint density at radius 1 is 1.43 bits per heavy atom. The maximum absolute atomic E-state index is 11.4. The Kier molecular flexibility index (Phi) is 2.52. The average molecular weight is 198 g/mol. The molecule has 2 rings (SSSR count). The molecule has 3 heteroatoms. The van der Waals surface area contributed by atoms with Gasteiger partial charge in [0.15, 0.2) is 0 Å². The maximum Gasteiger partial charge on any atom is 0.306 e. The largest absolute Gasteiger partial charge is 0.459 e. The summed E-state index contributed by atoms with van der Waals surface area (Å²) in [4.78, 5) is 11.4. The van der Waals surface area contributed by atoms with E-state index in [1.54, 1.807) is 0 Å². The van der Waals surface area contributed by atoms with Crippen LogP contribution in [0.1, 0.15) is 39.0 Å². The second kappa shape index (κ2) is 3.54. The van der Waals surface area contributed by atoms with Gasteiger partial charge in [-0.25, -0.2) is 0 Å². The van der Waals surface area contributed by atoms with Crippen LogP contribution in [-0.2, 0) is 9.53 Å². The summed E-state index contributed by atoms with van der Waals surface area (Å²) in [6.07, 6.45) is 4.56. The zero-order valence-corrected chi connectivity index (χ0v) is 8.66. The van der Waals surface area contributed by atoms with Crippen molar-refractivity contribution in [2.24, 2.45) is 11.8 Å². The van der Waals surface area contributed by atoms with Crippen molar-refractivity contribution in [2.75, 3.05) is 6.61 Å². The normalized spacial score (nSPS) is 33.3. The number of rotatable bonds is 4. The van der Waals surface area contributed by atoms with Crippen molar-refractivity contribution in [2.45, 2.75) is 44.6 Å². The second-order valence-corrected chi connectivity index (χ2v) is 5.01. The summed E-state index contributed by atoms with van der Waals surface area (Å²) in [7, 11) is 0. The Labute approximate surface area is 84.4 Å². The van der Waals surface area contributed by atoms with Crippen LogP contribution in [-0.4, -0.2) is 23.3 Å². The van der Waals surface area contributed by atoms with Gasteiger partial charge in [-0.15, -0.1) is 0 Å². The molecule has 1 N–H and O–H groups in total. The van der Waals surface area contributed by atoms with E-state index in [1.807, 2.05) is 6.92 Å². The van der Waals surface area contributed by atoms with E-state index in [4.69, 9.17) is 9.84 Å². The molecule has 0 aromatic carbocycles. The molecule has 0 spiro atoms. The molecule has 2 saturated carbocycles. The van der Waals surface area contributed by atoms with Gasteiger partial charge in [-0.1, -0.05) is 0 Å². The third-order valence-electron chi connectivity index (χ3n) is 3.36. The number of aliphatic hydroxyl groups is 1. The molecule has 2 fully saturated rings. The van der Waals surface area contributed by atoms with Crippen molar-refractivity contribution in [3.63, 3.8) is 0 Å². The lowest BCUT2D eigenvalue weighted by Gasteiger charge is -2.33. The molecule has 80 valence electrons. The number of carbonyl (C=O) groups is 1. The molecule has 0 heterocycles. The fourth-order valence-corrected chi connectivity index (χ4v) is 2.02. The summed E-state index contributed by atoms with van der Waals surface area (Å²) in [5.74, 6) is 0.845. The van der Waals surface area contributed by atoms with Gasteiger partial charge in [-0.05, 0) is 44.4 Å². The summed E-state index contributed by atoms with van der Waals surface area (Å²) in [6, 6.07) is 0. The Bertz CT molecular complexity index is 227. The van der Waals surface area contributed by atoms with Gasteiger partial charge in [0.05, 0.1) is 0 Å². The molecule has 0 amide bonds. The molecule has 2 aliphatic carbocycles. The quantitative estimate of drug-likeness (QED) is 0.696. The first-order valence-corrected chi connectivity index (χ1v) is 5.44. The number of ether oxygens (including phenoxy) is 1. The van der Waals surface area contributed by atoms with Crippen LogP contribution in [0, 0.1) is 11.8 Å². The molecule has 0 aliphatic heterocycles. The number of aliphatic hydroxyl groups excluding tert-OH is 1. The Hall–Kier alpha value is -0.570. The van der Waals surface area contributed by atoms with Crippen LogP contribution in [0.3, 0.4) is 0 Å². The predicted octanol–water partition coefficient (Wildman–Crippen LogP) is 1.49. The Morgan fingerprint density at radius 2 is 2.07 bits per heavy atom. The van der Waals surface area contributed by atoms with Crippen LogP contribution in [0.2, 0.25) is 0 Å². The van der Waals surface area contributed by atoms with E-state index in [-0.39, 0.29) is 18.2 Å². The highest BCUT2D eigenvalue weighted by molar-refractivity contribution is 5.70. The van der Waals surface area contributed by atoms with E-state index in [0.717, 1.165) is 25.7 Å². The van der Waals surface area contributed by atoms with Crippen molar-refractivity contribution in [3.05, 3.63) is 0 Å². The third kappa shape index (κ3) is 2.27. The van der Waals surface area contributed by atoms with Gasteiger partial charge in [-0.3, -0.25) is 4.79 Å². The molecule has 0 aromatic heterocycles. The summed E-state index contributed by atoms with van der Waals surface area (Å²) in [5.41, 5.74) is -0.128. The number of esters is 1. The van der Waals surface area contributed by atoms with Crippen molar-refractivity contribution in [1.82, 2.24) is 0 Å². The van der Waals surface area contributed by atoms with Crippen LogP contribution >= 0.6 is 0 Å². The predicted molar refractivity (Wildman–Crippen MR) is 51.6 cm³/mol. The molecule has 0 atom stereocenters. The summed E-state index contributed by atoms with van der Waals surface area (Å²) in [6.45, 7) is 2.26. The number of hydrogen-bond donors (Lipinski definition) is 1. The highest BCUT2D eigenvalue weighted by Gasteiger charge is 2.42. The molecular weight excluding hydrogens is 180 g/mol. The Morgan fingerprint density at radius 3 is 2.57 bits per heavy atom. The number of carbonyl (C=O) groups excluding carboxylic acids is 1. The fourth-order valence-electron chi connectivity index (χ4n) is 2.02. The molecule has 0 aromatic rings. The summed E-state index contributed by atoms with van der Waals surface area (Å²) >= 11 is 0. The van der Waals surface area contributed by atoms with E-state index >= 15 is 0 Å². The van der Waals surface area contributed by atoms with Crippen LogP contribution in [0.15, 0.2) is 0 Å². The van der Waals surface area contributed by atoms with E-state index < -0.39 is 0 Å². The fraction of sp³-hybridized carbons (Fsp3) is 0.909. The summed E-state index contributed by atoms with van der Waals surface area (Å²) in [5, 5.41) is 8.82. The van der Waals surface area contributed by atoms with Gasteiger partial charge in [0.25, 0.3) is 0 Å². The standard InChI is InChI=1S/C11H18O3/c1-11(2-3-11)14-10(13)6-8-4-9(5-8)7-12/h8-9,12H,2-7H2,1H3. The minimum Gasteiger partial charge on any atom is -0.459 e. The van der Waals surface area contributed by atoms with Crippen molar-refractivity contribution < 1.29 is 14.6 Å². The first-order chi connectivity index (χ1) is 6.61. The van der Waals surface area contributed by atoms with E-state index in [0.29, 0.717) is 18.3 Å². The zero-order valence-electron chi connectivity index (χ0n) is 8.66. The van der Waals surface area contributed by atoms with Gasteiger partial charge in [0.1, 0.15) is 5.60 Å². The van der Waals surface area contributed by atoms with Crippen molar-refractivity contribution in [1.29, 1.82) is 0 Å². The van der Waals surface area contributed by atoms with E-state index in [9.17, 15) is 4.79 Å². The Balaban J connectivity index is 1.64. The van der Waals surface area contributed by atoms with Gasteiger partial charge < -0.3 is 9.84 Å². The molecule has 0 radical (unpaired) electrons. The molecule has 14 heavy (non-hydrogen) atoms. The average Bonchev–Trinajstić information content (AvgIpc) is 2.74. The summed E-state index contributed by atoms with van der Waals surface area (Å²) < 4.78 is 5.32. The van der Waals surface area contributed by atoms with Crippen molar-refractivity contribution in [3.8, 4) is 0 Å². The van der Waals surface area contributed by atoms with Crippen LogP contribution in [0.4, 0.5) is 0 Å². The lowest BCUT2D eigenvalue weighted by Crippen LogP contribution is -2.29. The van der Waals surface area contributed by atoms with Gasteiger partial charge in [0.2, 0.25) is 0 Å². The first-order valence-electron chi connectivity index (χ1n) is 5.44.